The Kier molecular flexibility index (Phi) is 4.88. The number of carbonyl (C=O) groups excluding carboxylic acids is 2. The van der Waals surface area contributed by atoms with E-state index >= 15 is 0 Å². The van der Waals surface area contributed by atoms with Gasteiger partial charge in [-0.3, -0.25) is 9.59 Å². The van der Waals surface area contributed by atoms with Crippen molar-refractivity contribution < 1.29 is 14.3 Å². The number of hydrogen-bond donors (Lipinski definition) is 1. The molecule has 22 heavy (non-hydrogen) atoms. The van der Waals surface area contributed by atoms with Gasteiger partial charge in [0.1, 0.15) is 5.92 Å². The highest BCUT2D eigenvalue weighted by molar-refractivity contribution is 8.02. The summed E-state index contributed by atoms with van der Waals surface area (Å²) < 4.78 is 4.76. The van der Waals surface area contributed by atoms with Crippen molar-refractivity contribution in [2.45, 2.75) is 12.8 Å². The van der Waals surface area contributed by atoms with Crippen molar-refractivity contribution in [1.29, 1.82) is 5.26 Å². The number of allylic oxidation sites excluding steroid dienone is 1. The fourth-order valence-corrected chi connectivity index (χ4v) is 3.10. The summed E-state index contributed by atoms with van der Waals surface area (Å²) in [4.78, 5) is 24.4. The van der Waals surface area contributed by atoms with Gasteiger partial charge in [-0.2, -0.15) is 5.26 Å². The summed E-state index contributed by atoms with van der Waals surface area (Å²) in [6.45, 7) is 1.95. The van der Waals surface area contributed by atoms with E-state index in [1.807, 2.05) is 31.2 Å². The summed E-state index contributed by atoms with van der Waals surface area (Å²) in [6.07, 6.45) is 1.78. The van der Waals surface area contributed by atoms with Crippen LogP contribution in [-0.2, 0) is 14.3 Å². The molecule has 0 bridgehead atoms. The summed E-state index contributed by atoms with van der Waals surface area (Å²) in [6, 6.07) is 9.59. The number of aryl methyl sites for hydroxylation is 1. The number of amides is 1. The van der Waals surface area contributed by atoms with Crippen molar-refractivity contribution in [2.24, 2.45) is 5.92 Å². The lowest BCUT2D eigenvalue weighted by atomic mass is 9.78. The van der Waals surface area contributed by atoms with E-state index in [1.54, 1.807) is 6.26 Å². The van der Waals surface area contributed by atoms with Gasteiger partial charge in [0.05, 0.1) is 23.8 Å². The number of carbonyl (C=O) groups is 2. The first-order valence-corrected chi connectivity index (χ1v) is 7.89. The highest BCUT2D eigenvalue weighted by atomic mass is 32.2. The third-order valence-electron chi connectivity index (χ3n) is 3.62. The Bertz CT molecular complexity index is 674. The second kappa shape index (κ2) is 6.67. The number of rotatable bonds is 3. The predicted molar refractivity (Wildman–Crippen MR) is 83.7 cm³/mol. The first kappa shape index (κ1) is 16.1. The van der Waals surface area contributed by atoms with Crippen LogP contribution in [0.3, 0.4) is 0 Å². The summed E-state index contributed by atoms with van der Waals surface area (Å²) in [7, 11) is 1.24. The minimum absolute atomic E-state index is 0.381. The van der Waals surface area contributed by atoms with Crippen LogP contribution in [0.15, 0.2) is 34.9 Å². The zero-order chi connectivity index (χ0) is 16.3. The molecular weight excluding hydrogens is 300 g/mol. The van der Waals surface area contributed by atoms with Crippen LogP contribution in [0.4, 0.5) is 0 Å². The van der Waals surface area contributed by atoms with Gasteiger partial charge in [0, 0.05) is 5.92 Å². The first-order chi connectivity index (χ1) is 10.5. The molecule has 5 nitrogen and oxygen atoms in total. The van der Waals surface area contributed by atoms with Crippen molar-refractivity contribution in [3.05, 3.63) is 46.0 Å². The van der Waals surface area contributed by atoms with Crippen LogP contribution < -0.4 is 5.32 Å². The Morgan fingerprint density at radius 2 is 2.00 bits per heavy atom. The molecule has 0 saturated heterocycles. The SMILES string of the molecule is COC(=O)C1C(=O)NC(SC)=C(C#N)C1c1ccc(C)cc1. The summed E-state index contributed by atoms with van der Waals surface area (Å²) in [5.41, 5.74) is 2.19. The molecule has 1 aromatic rings. The quantitative estimate of drug-likeness (QED) is 0.682. The molecule has 1 aliphatic heterocycles. The topological polar surface area (TPSA) is 79.2 Å². The number of nitrogens with one attached hydrogen (secondary N) is 1. The van der Waals surface area contributed by atoms with Crippen molar-refractivity contribution in [3.63, 3.8) is 0 Å². The van der Waals surface area contributed by atoms with Crippen molar-refractivity contribution in [2.75, 3.05) is 13.4 Å². The maximum Gasteiger partial charge on any atom is 0.319 e. The number of nitriles is 1. The molecule has 2 atom stereocenters. The third-order valence-corrected chi connectivity index (χ3v) is 4.35. The lowest BCUT2D eigenvalue weighted by Gasteiger charge is -2.30. The number of methoxy groups -OCH3 is 1. The van der Waals surface area contributed by atoms with Crippen LogP contribution in [0.25, 0.3) is 0 Å². The number of thioether (sulfide) groups is 1. The molecule has 2 rings (SSSR count). The van der Waals surface area contributed by atoms with Gasteiger partial charge in [0.2, 0.25) is 5.91 Å². The number of ether oxygens (including phenoxy) is 1. The molecule has 0 fully saturated rings. The van der Waals surface area contributed by atoms with E-state index < -0.39 is 23.7 Å². The van der Waals surface area contributed by atoms with Gasteiger partial charge in [-0.25, -0.2) is 0 Å². The number of benzene rings is 1. The molecule has 0 radical (unpaired) electrons. The molecular formula is C16H16N2O3S. The van der Waals surface area contributed by atoms with Crippen LogP contribution in [0.2, 0.25) is 0 Å². The maximum absolute atomic E-state index is 12.3. The van der Waals surface area contributed by atoms with Crippen LogP contribution in [0.1, 0.15) is 17.0 Å². The van der Waals surface area contributed by atoms with Gasteiger partial charge >= 0.3 is 5.97 Å². The van der Waals surface area contributed by atoms with E-state index in [1.165, 1.54) is 18.9 Å². The molecule has 0 spiro atoms. The molecule has 6 heteroatoms. The third kappa shape index (κ3) is 2.85. The van der Waals surface area contributed by atoms with E-state index in [9.17, 15) is 14.9 Å². The molecule has 2 unspecified atom stereocenters. The second-order valence-corrected chi connectivity index (χ2v) is 5.75. The fraction of sp³-hybridized carbons (Fsp3) is 0.312. The second-order valence-electron chi connectivity index (χ2n) is 4.94. The average Bonchev–Trinajstić information content (AvgIpc) is 2.53. The lowest BCUT2D eigenvalue weighted by Crippen LogP contribution is -2.44. The zero-order valence-corrected chi connectivity index (χ0v) is 13.4. The monoisotopic (exact) mass is 316 g/mol. The van der Waals surface area contributed by atoms with E-state index in [4.69, 9.17) is 4.74 Å². The van der Waals surface area contributed by atoms with Crippen molar-refractivity contribution >= 4 is 23.6 Å². The van der Waals surface area contributed by atoms with Gasteiger partial charge in [-0.1, -0.05) is 29.8 Å². The standard InChI is InChI=1S/C16H16N2O3S/c1-9-4-6-10(7-5-9)12-11(8-17)15(22-3)18-14(19)13(12)16(20)21-2/h4-7,12-13H,1-3H3,(H,18,19). The maximum atomic E-state index is 12.3. The van der Waals surface area contributed by atoms with Crippen molar-refractivity contribution in [1.82, 2.24) is 5.32 Å². The van der Waals surface area contributed by atoms with Gasteiger partial charge in [-0.05, 0) is 18.7 Å². The van der Waals surface area contributed by atoms with Gasteiger partial charge in [0.15, 0.2) is 0 Å². The zero-order valence-electron chi connectivity index (χ0n) is 12.5. The minimum Gasteiger partial charge on any atom is -0.468 e. The van der Waals surface area contributed by atoms with Crippen LogP contribution in [-0.4, -0.2) is 25.2 Å². The minimum atomic E-state index is -1.06. The summed E-state index contributed by atoms with van der Waals surface area (Å²) in [5.74, 6) is -2.77. The Hall–Kier alpha value is -2.26. The largest absolute Gasteiger partial charge is 0.468 e. The predicted octanol–water partition coefficient (Wildman–Crippen LogP) is 2.10. The highest BCUT2D eigenvalue weighted by Gasteiger charge is 2.43. The van der Waals surface area contributed by atoms with Gasteiger partial charge < -0.3 is 10.1 Å². The fourth-order valence-electron chi connectivity index (χ4n) is 2.50. The summed E-state index contributed by atoms with van der Waals surface area (Å²) in [5, 5.41) is 12.6. The van der Waals surface area contributed by atoms with Crippen LogP contribution >= 0.6 is 11.8 Å². The molecule has 1 N–H and O–H groups in total. The molecule has 1 heterocycles. The molecule has 114 valence electrons. The molecule has 0 aliphatic carbocycles. The first-order valence-electron chi connectivity index (χ1n) is 6.67. The van der Waals surface area contributed by atoms with Crippen LogP contribution in [0.5, 0.6) is 0 Å². The highest BCUT2D eigenvalue weighted by Crippen LogP contribution is 2.39. The van der Waals surface area contributed by atoms with E-state index in [2.05, 4.69) is 11.4 Å². The van der Waals surface area contributed by atoms with E-state index in [-0.39, 0.29) is 0 Å². The molecule has 0 saturated carbocycles. The average molecular weight is 316 g/mol. The Labute approximate surface area is 133 Å². The Morgan fingerprint density at radius 1 is 1.36 bits per heavy atom. The number of esters is 1. The molecule has 1 aliphatic rings. The molecule has 0 aromatic heterocycles. The van der Waals surface area contributed by atoms with E-state index in [0.29, 0.717) is 10.6 Å². The Morgan fingerprint density at radius 3 is 2.50 bits per heavy atom. The number of nitrogens with zero attached hydrogens (tertiary/aromatic N) is 1. The van der Waals surface area contributed by atoms with Crippen molar-refractivity contribution in [3.8, 4) is 6.07 Å². The molecule has 1 aromatic carbocycles. The normalized spacial score (nSPS) is 21.1. The van der Waals surface area contributed by atoms with Crippen LogP contribution in [0, 0.1) is 24.2 Å². The van der Waals surface area contributed by atoms with Gasteiger partial charge in [0.25, 0.3) is 0 Å². The smallest absolute Gasteiger partial charge is 0.319 e. The number of hydrogen-bond acceptors (Lipinski definition) is 5. The summed E-state index contributed by atoms with van der Waals surface area (Å²) >= 11 is 1.28. The Balaban J connectivity index is 2.62. The molecule has 1 amide bonds. The van der Waals surface area contributed by atoms with E-state index in [0.717, 1.165) is 11.1 Å². The lowest BCUT2D eigenvalue weighted by molar-refractivity contribution is -0.150. The van der Waals surface area contributed by atoms with Gasteiger partial charge in [-0.15, -0.1) is 11.8 Å².